The third-order valence-electron chi connectivity index (χ3n) is 3.35. The van der Waals surface area contributed by atoms with Crippen LogP contribution in [-0.2, 0) is 0 Å². The minimum Gasteiger partial charge on any atom is -0.394 e. The fraction of sp³-hybridized carbons (Fsp3) is 0.538. The van der Waals surface area contributed by atoms with E-state index in [1.54, 1.807) is 6.92 Å². The number of anilines is 1. The van der Waals surface area contributed by atoms with Crippen LogP contribution in [-0.4, -0.2) is 29.4 Å². The molecule has 0 bridgehead atoms. The molecule has 2 rings (SSSR count). The third-order valence-corrected chi connectivity index (χ3v) is 3.99. The Hall–Kier alpha value is -0.580. The van der Waals surface area contributed by atoms with E-state index in [1.165, 1.54) is 0 Å². The molecule has 0 amide bonds. The predicted molar refractivity (Wildman–Crippen MR) is 72.2 cm³/mol. The van der Waals surface area contributed by atoms with Crippen molar-refractivity contribution in [3.63, 3.8) is 0 Å². The summed E-state index contributed by atoms with van der Waals surface area (Å²) < 4.78 is 0.983. The Morgan fingerprint density at radius 1 is 1.53 bits per heavy atom. The Morgan fingerprint density at radius 2 is 2.29 bits per heavy atom. The first-order valence-electron chi connectivity index (χ1n) is 5.98. The van der Waals surface area contributed by atoms with E-state index in [4.69, 9.17) is 0 Å². The zero-order chi connectivity index (χ0) is 12.4. The van der Waals surface area contributed by atoms with Crippen molar-refractivity contribution in [3.8, 4) is 0 Å². The Labute approximate surface area is 110 Å². The third kappa shape index (κ3) is 2.64. The van der Waals surface area contributed by atoms with E-state index in [1.807, 2.05) is 18.2 Å². The largest absolute Gasteiger partial charge is 0.394 e. The lowest BCUT2D eigenvalue weighted by Crippen LogP contribution is -2.32. The maximum atomic E-state index is 9.53. The summed E-state index contributed by atoms with van der Waals surface area (Å²) in [7, 11) is 0. The Morgan fingerprint density at radius 3 is 2.88 bits per heavy atom. The highest BCUT2D eigenvalue weighted by atomic mass is 79.9. The molecule has 1 aliphatic rings. The molecule has 1 saturated heterocycles. The summed E-state index contributed by atoms with van der Waals surface area (Å²) in [6, 6.07) is 6.13. The Kier molecular flexibility index (Phi) is 4.07. The summed E-state index contributed by atoms with van der Waals surface area (Å²) in [4.78, 5) is 2.23. The summed E-state index contributed by atoms with van der Waals surface area (Å²) in [6.45, 7) is 2.94. The van der Waals surface area contributed by atoms with Gasteiger partial charge in [-0.15, -0.1) is 0 Å². The molecular weight excluding hydrogens is 282 g/mol. The molecule has 1 unspecified atom stereocenters. The van der Waals surface area contributed by atoms with E-state index in [0.29, 0.717) is 0 Å². The minimum atomic E-state index is -0.451. The van der Waals surface area contributed by atoms with Crippen molar-refractivity contribution >= 4 is 21.6 Å². The summed E-state index contributed by atoms with van der Waals surface area (Å²) in [6.07, 6.45) is 1.71. The quantitative estimate of drug-likeness (QED) is 0.901. The van der Waals surface area contributed by atoms with Gasteiger partial charge in [-0.2, -0.15) is 0 Å². The van der Waals surface area contributed by atoms with Crippen molar-refractivity contribution in [2.45, 2.75) is 31.9 Å². The lowest BCUT2D eigenvalue weighted by molar-refractivity contribution is 0.199. The molecule has 0 saturated carbocycles. The molecule has 1 aromatic rings. The van der Waals surface area contributed by atoms with Gasteiger partial charge in [0, 0.05) is 11.0 Å². The van der Waals surface area contributed by atoms with Crippen LogP contribution in [0, 0.1) is 0 Å². The topological polar surface area (TPSA) is 43.7 Å². The summed E-state index contributed by atoms with van der Waals surface area (Å²) >= 11 is 3.55. The summed E-state index contributed by atoms with van der Waals surface area (Å²) in [5.41, 5.74) is 2.01. The second-order valence-corrected chi connectivity index (χ2v) is 5.41. The van der Waals surface area contributed by atoms with E-state index < -0.39 is 6.10 Å². The maximum absolute atomic E-state index is 9.53. The van der Waals surface area contributed by atoms with Crippen LogP contribution >= 0.6 is 15.9 Å². The average Bonchev–Trinajstić information content (AvgIpc) is 2.76. The highest BCUT2D eigenvalue weighted by Crippen LogP contribution is 2.33. The summed E-state index contributed by atoms with van der Waals surface area (Å²) in [5.74, 6) is 0. The van der Waals surface area contributed by atoms with Gasteiger partial charge in [0.15, 0.2) is 0 Å². The Bertz CT molecular complexity index is 395. The van der Waals surface area contributed by atoms with Crippen LogP contribution in [0.15, 0.2) is 22.7 Å². The fourth-order valence-electron chi connectivity index (χ4n) is 2.36. The minimum absolute atomic E-state index is 0.199. The van der Waals surface area contributed by atoms with Crippen molar-refractivity contribution < 1.29 is 10.2 Å². The molecule has 0 radical (unpaired) electrons. The first kappa shape index (κ1) is 12.9. The van der Waals surface area contributed by atoms with E-state index in [9.17, 15) is 10.2 Å². The molecule has 94 valence electrons. The molecule has 0 aromatic heterocycles. The van der Waals surface area contributed by atoms with E-state index >= 15 is 0 Å². The highest BCUT2D eigenvalue weighted by Gasteiger charge is 2.25. The zero-order valence-corrected chi connectivity index (χ0v) is 11.5. The monoisotopic (exact) mass is 299 g/mol. The molecule has 2 N–H and O–H groups in total. The van der Waals surface area contributed by atoms with Crippen molar-refractivity contribution in [3.05, 3.63) is 28.2 Å². The summed E-state index contributed by atoms with van der Waals surface area (Å²) in [5, 5.41) is 18.9. The van der Waals surface area contributed by atoms with Crippen LogP contribution in [0.25, 0.3) is 0 Å². The van der Waals surface area contributed by atoms with Gasteiger partial charge in [-0.25, -0.2) is 0 Å². The van der Waals surface area contributed by atoms with Gasteiger partial charge in [-0.05, 0) is 53.4 Å². The number of benzene rings is 1. The van der Waals surface area contributed by atoms with Crippen LogP contribution in [0.3, 0.4) is 0 Å². The lowest BCUT2D eigenvalue weighted by atomic mass is 10.1. The number of hydrogen-bond donors (Lipinski definition) is 2. The van der Waals surface area contributed by atoms with Gasteiger partial charge in [-0.1, -0.05) is 6.07 Å². The molecule has 2 atom stereocenters. The lowest BCUT2D eigenvalue weighted by Gasteiger charge is -2.26. The number of aliphatic hydroxyl groups excluding tert-OH is 2. The number of halogens is 1. The van der Waals surface area contributed by atoms with E-state index in [2.05, 4.69) is 20.8 Å². The molecule has 0 aliphatic carbocycles. The van der Waals surface area contributed by atoms with Crippen molar-refractivity contribution in [1.82, 2.24) is 0 Å². The van der Waals surface area contributed by atoms with Crippen molar-refractivity contribution in [2.75, 3.05) is 18.1 Å². The van der Waals surface area contributed by atoms with E-state index in [0.717, 1.165) is 35.1 Å². The molecule has 1 aromatic carbocycles. The number of hydrogen-bond acceptors (Lipinski definition) is 3. The molecule has 3 nitrogen and oxygen atoms in total. The van der Waals surface area contributed by atoms with Crippen LogP contribution < -0.4 is 4.90 Å². The highest BCUT2D eigenvalue weighted by molar-refractivity contribution is 9.10. The maximum Gasteiger partial charge on any atom is 0.0762 e. The van der Waals surface area contributed by atoms with E-state index in [-0.39, 0.29) is 12.6 Å². The standard InChI is InChI=1S/C13H18BrNO2/c1-9(17)10-4-5-13(12(14)7-10)15-6-2-3-11(15)8-16/h4-5,7,9,11,16-17H,2-3,6,8H2,1H3/t9-,11?/m1/s1. The van der Waals surface area contributed by atoms with Crippen LogP contribution in [0.4, 0.5) is 5.69 Å². The van der Waals surface area contributed by atoms with Gasteiger partial charge in [0.05, 0.1) is 24.4 Å². The van der Waals surface area contributed by atoms with Gasteiger partial charge < -0.3 is 15.1 Å². The molecule has 1 heterocycles. The molecule has 4 heteroatoms. The molecule has 1 fully saturated rings. The van der Waals surface area contributed by atoms with Gasteiger partial charge in [-0.3, -0.25) is 0 Å². The molecule has 0 spiro atoms. The zero-order valence-electron chi connectivity index (χ0n) is 9.93. The van der Waals surface area contributed by atoms with Crippen LogP contribution in [0.1, 0.15) is 31.4 Å². The van der Waals surface area contributed by atoms with Crippen LogP contribution in [0.5, 0.6) is 0 Å². The fourth-order valence-corrected chi connectivity index (χ4v) is 2.98. The van der Waals surface area contributed by atoms with Gasteiger partial charge in [0.25, 0.3) is 0 Å². The second-order valence-electron chi connectivity index (χ2n) is 4.56. The van der Waals surface area contributed by atoms with Gasteiger partial charge in [0.2, 0.25) is 0 Å². The molecule has 17 heavy (non-hydrogen) atoms. The normalized spacial score (nSPS) is 21.9. The number of rotatable bonds is 3. The number of aliphatic hydroxyl groups is 2. The SMILES string of the molecule is C[C@@H](O)c1ccc(N2CCCC2CO)c(Br)c1. The van der Waals surface area contributed by atoms with Gasteiger partial charge >= 0.3 is 0 Å². The van der Waals surface area contributed by atoms with Crippen molar-refractivity contribution in [2.24, 2.45) is 0 Å². The smallest absolute Gasteiger partial charge is 0.0762 e. The Balaban J connectivity index is 2.27. The second kappa shape index (κ2) is 5.38. The molecule has 1 aliphatic heterocycles. The first-order valence-corrected chi connectivity index (χ1v) is 6.77. The average molecular weight is 300 g/mol. The van der Waals surface area contributed by atoms with Crippen molar-refractivity contribution in [1.29, 1.82) is 0 Å². The first-order chi connectivity index (χ1) is 8.13. The predicted octanol–water partition coefficient (Wildman–Crippen LogP) is 2.46. The molecular formula is C13H18BrNO2. The van der Waals surface area contributed by atoms with Crippen LogP contribution in [0.2, 0.25) is 0 Å². The number of nitrogens with zero attached hydrogens (tertiary/aromatic N) is 1. The van der Waals surface area contributed by atoms with Gasteiger partial charge in [0.1, 0.15) is 0 Å².